The van der Waals surface area contributed by atoms with Gasteiger partial charge in [0, 0.05) is 23.2 Å². The molecule has 0 aliphatic carbocycles. The molecule has 0 bridgehead atoms. The maximum absolute atomic E-state index is 6.29. The molecule has 0 unspecified atom stereocenters. The number of hydrogen-bond donors (Lipinski definition) is 0. The Morgan fingerprint density at radius 1 is 1.13 bits per heavy atom. The SMILES string of the molecule is CCn1c(COc2cccc(C)c2)nnc1SCc1csc(-c2ccccc2Cl)n1. The molecule has 5 nitrogen and oxygen atoms in total. The summed E-state index contributed by atoms with van der Waals surface area (Å²) in [5.41, 5.74) is 3.14. The van der Waals surface area contributed by atoms with E-state index in [1.807, 2.05) is 55.5 Å². The zero-order valence-corrected chi connectivity index (χ0v) is 19.1. The second-order valence-corrected chi connectivity index (χ2v) is 8.87. The molecule has 0 radical (unpaired) electrons. The molecule has 0 aliphatic heterocycles. The van der Waals surface area contributed by atoms with Crippen LogP contribution in [0.1, 0.15) is 24.0 Å². The average Bonchev–Trinajstić information content (AvgIpc) is 3.37. The summed E-state index contributed by atoms with van der Waals surface area (Å²) in [6.45, 7) is 5.30. The topological polar surface area (TPSA) is 52.8 Å². The molecule has 0 spiro atoms. The molecular weight excluding hydrogens is 436 g/mol. The van der Waals surface area contributed by atoms with Crippen LogP contribution in [-0.2, 0) is 18.9 Å². The monoisotopic (exact) mass is 456 g/mol. The Balaban J connectivity index is 1.41. The van der Waals surface area contributed by atoms with E-state index in [1.165, 1.54) is 5.56 Å². The molecule has 2 aromatic carbocycles. The summed E-state index contributed by atoms with van der Waals surface area (Å²) >= 11 is 9.52. The van der Waals surface area contributed by atoms with E-state index < -0.39 is 0 Å². The van der Waals surface area contributed by atoms with Crippen LogP contribution < -0.4 is 4.74 Å². The third-order valence-corrected chi connectivity index (χ3v) is 6.73. The standard InChI is InChI=1S/C22H21ClN4OS2/c1-3-27-20(12-28-17-8-6-7-15(2)11-17)25-26-22(27)30-14-16-13-29-21(24-16)18-9-4-5-10-19(18)23/h4-11,13H,3,12,14H2,1-2H3. The predicted molar refractivity (Wildman–Crippen MR) is 123 cm³/mol. The number of thiazole rings is 1. The summed E-state index contributed by atoms with van der Waals surface area (Å²) in [6, 6.07) is 15.8. The van der Waals surface area contributed by atoms with Gasteiger partial charge < -0.3 is 9.30 Å². The highest BCUT2D eigenvalue weighted by Gasteiger charge is 2.14. The molecule has 0 atom stereocenters. The minimum Gasteiger partial charge on any atom is -0.486 e. The van der Waals surface area contributed by atoms with Crippen molar-refractivity contribution in [3.8, 4) is 16.3 Å². The molecule has 30 heavy (non-hydrogen) atoms. The lowest BCUT2D eigenvalue weighted by Crippen LogP contribution is -2.07. The van der Waals surface area contributed by atoms with E-state index in [1.54, 1.807) is 23.1 Å². The Labute approximate surface area is 189 Å². The van der Waals surface area contributed by atoms with Crippen LogP contribution in [0, 0.1) is 6.92 Å². The van der Waals surface area contributed by atoms with E-state index >= 15 is 0 Å². The Bertz CT molecular complexity index is 1140. The van der Waals surface area contributed by atoms with Crippen LogP contribution in [0.2, 0.25) is 5.02 Å². The van der Waals surface area contributed by atoms with Gasteiger partial charge in [-0.2, -0.15) is 0 Å². The molecule has 2 aromatic heterocycles. The summed E-state index contributed by atoms with van der Waals surface area (Å²) in [6.07, 6.45) is 0. The first-order valence-corrected chi connectivity index (χ1v) is 11.8. The van der Waals surface area contributed by atoms with Crippen molar-refractivity contribution in [3.63, 3.8) is 0 Å². The van der Waals surface area contributed by atoms with Gasteiger partial charge in [-0.1, -0.05) is 53.7 Å². The lowest BCUT2D eigenvalue weighted by atomic mass is 10.2. The van der Waals surface area contributed by atoms with Crippen LogP contribution in [0.25, 0.3) is 10.6 Å². The van der Waals surface area contributed by atoms with Gasteiger partial charge >= 0.3 is 0 Å². The molecule has 0 amide bonds. The van der Waals surface area contributed by atoms with Gasteiger partial charge in [-0.15, -0.1) is 21.5 Å². The van der Waals surface area contributed by atoms with Crippen molar-refractivity contribution in [2.75, 3.05) is 0 Å². The molecule has 0 N–H and O–H groups in total. The normalized spacial score (nSPS) is 11.0. The molecular formula is C22H21ClN4OS2. The average molecular weight is 457 g/mol. The minimum absolute atomic E-state index is 0.387. The largest absolute Gasteiger partial charge is 0.486 e. The van der Waals surface area contributed by atoms with E-state index in [9.17, 15) is 0 Å². The Hall–Kier alpha value is -2.35. The maximum atomic E-state index is 6.29. The number of nitrogens with zero attached hydrogens (tertiary/aromatic N) is 4. The van der Waals surface area contributed by atoms with E-state index in [0.29, 0.717) is 6.61 Å². The molecule has 154 valence electrons. The van der Waals surface area contributed by atoms with Crippen molar-refractivity contribution >= 4 is 34.7 Å². The van der Waals surface area contributed by atoms with E-state index in [-0.39, 0.29) is 0 Å². The van der Waals surface area contributed by atoms with Crippen LogP contribution in [0.15, 0.2) is 59.1 Å². The number of aryl methyl sites for hydroxylation is 1. The van der Waals surface area contributed by atoms with Gasteiger partial charge in [0.1, 0.15) is 17.4 Å². The van der Waals surface area contributed by atoms with Crippen LogP contribution in [0.4, 0.5) is 0 Å². The van der Waals surface area contributed by atoms with Crippen LogP contribution in [-0.4, -0.2) is 19.7 Å². The third-order valence-electron chi connectivity index (χ3n) is 4.47. The number of benzene rings is 2. The van der Waals surface area contributed by atoms with Crippen LogP contribution in [0.3, 0.4) is 0 Å². The van der Waals surface area contributed by atoms with Gasteiger partial charge in [0.05, 0.1) is 10.7 Å². The van der Waals surface area contributed by atoms with Crippen molar-refractivity contribution in [3.05, 3.63) is 76.0 Å². The minimum atomic E-state index is 0.387. The van der Waals surface area contributed by atoms with E-state index in [0.717, 1.165) is 50.3 Å². The molecule has 0 aliphatic rings. The first-order chi connectivity index (χ1) is 14.6. The van der Waals surface area contributed by atoms with Gasteiger partial charge in [0.25, 0.3) is 0 Å². The van der Waals surface area contributed by atoms with Gasteiger partial charge in [0.15, 0.2) is 11.0 Å². The van der Waals surface area contributed by atoms with E-state index in [2.05, 4.69) is 27.1 Å². The zero-order chi connectivity index (χ0) is 20.9. The fourth-order valence-electron chi connectivity index (χ4n) is 2.97. The second-order valence-electron chi connectivity index (χ2n) is 6.66. The third kappa shape index (κ3) is 4.86. The number of halogens is 1. The summed E-state index contributed by atoms with van der Waals surface area (Å²) in [5, 5.41) is 13.3. The maximum Gasteiger partial charge on any atom is 0.191 e. The van der Waals surface area contributed by atoms with Crippen molar-refractivity contribution in [1.82, 2.24) is 19.7 Å². The predicted octanol–water partition coefficient (Wildman–Crippen LogP) is 6.25. The number of aromatic nitrogens is 4. The first kappa shape index (κ1) is 20.9. The number of hydrogen-bond acceptors (Lipinski definition) is 6. The summed E-state index contributed by atoms with van der Waals surface area (Å²) in [7, 11) is 0. The highest BCUT2D eigenvalue weighted by atomic mass is 35.5. The molecule has 4 aromatic rings. The number of rotatable bonds is 8. The summed E-state index contributed by atoms with van der Waals surface area (Å²) in [4.78, 5) is 4.73. The highest BCUT2D eigenvalue weighted by molar-refractivity contribution is 7.98. The molecule has 4 rings (SSSR count). The van der Waals surface area contributed by atoms with Gasteiger partial charge in [-0.05, 0) is 37.6 Å². The molecule has 0 saturated heterocycles. The van der Waals surface area contributed by atoms with Gasteiger partial charge in [-0.3, -0.25) is 0 Å². The Morgan fingerprint density at radius 2 is 2.00 bits per heavy atom. The Morgan fingerprint density at radius 3 is 2.80 bits per heavy atom. The van der Waals surface area contributed by atoms with Gasteiger partial charge in [-0.25, -0.2) is 4.98 Å². The van der Waals surface area contributed by atoms with Crippen molar-refractivity contribution in [1.29, 1.82) is 0 Å². The quantitative estimate of drug-likeness (QED) is 0.293. The van der Waals surface area contributed by atoms with Gasteiger partial charge in [0.2, 0.25) is 0 Å². The number of thioether (sulfide) groups is 1. The molecule has 2 heterocycles. The first-order valence-electron chi connectivity index (χ1n) is 9.57. The molecule has 0 fully saturated rings. The fraction of sp³-hybridized carbons (Fsp3) is 0.227. The Kier molecular flexibility index (Phi) is 6.72. The smallest absolute Gasteiger partial charge is 0.191 e. The van der Waals surface area contributed by atoms with Crippen LogP contribution >= 0.6 is 34.7 Å². The fourth-order valence-corrected chi connectivity index (χ4v) is 5.13. The summed E-state index contributed by atoms with van der Waals surface area (Å²) in [5.74, 6) is 2.37. The van der Waals surface area contributed by atoms with Crippen molar-refractivity contribution in [2.24, 2.45) is 0 Å². The lowest BCUT2D eigenvalue weighted by Gasteiger charge is -2.09. The van der Waals surface area contributed by atoms with E-state index in [4.69, 9.17) is 21.3 Å². The second kappa shape index (κ2) is 9.64. The highest BCUT2D eigenvalue weighted by Crippen LogP contribution is 2.32. The molecule has 8 heteroatoms. The lowest BCUT2D eigenvalue weighted by molar-refractivity contribution is 0.288. The van der Waals surface area contributed by atoms with Crippen molar-refractivity contribution in [2.45, 2.75) is 37.9 Å². The zero-order valence-electron chi connectivity index (χ0n) is 16.7. The van der Waals surface area contributed by atoms with Crippen LogP contribution in [0.5, 0.6) is 5.75 Å². The number of ether oxygens (including phenoxy) is 1. The summed E-state index contributed by atoms with van der Waals surface area (Å²) < 4.78 is 7.98. The molecule has 0 saturated carbocycles. The van der Waals surface area contributed by atoms with Crippen molar-refractivity contribution < 1.29 is 4.74 Å².